The highest BCUT2D eigenvalue weighted by Crippen LogP contribution is 2.24. The van der Waals surface area contributed by atoms with Crippen LogP contribution < -0.4 is 10.6 Å². The van der Waals surface area contributed by atoms with Gasteiger partial charge in [-0.3, -0.25) is 4.79 Å². The number of likely N-dealkylation sites (N-methyl/N-ethyl adjacent to an activating group) is 1. The molecule has 1 aliphatic rings. The predicted octanol–water partition coefficient (Wildman–Crippen LogP) is 2.78. The standard InChI is InChI=1S/C17H27N3O.2ClH/c1-4-17(11-8-12-19-17)16(21)18-13-15(20(2)3)14-9-6-5-7-10-14;;/h5-7,9-10,15,19H,4,8,11-13H2,1-3H3,(H,18,21);2*1H. The van der Waals surface area contributed by atoms with Gasteiger partial charge >= 0.3 is 0 Å². The minimum absolute atomic E-state index is 0. The first-order valence-electron chi connectivity index (χ1n) is 7.84. The van der Waals surface area contributed by atoms with Crippen LogP contribution in [0.5, 0.6) is 0 Å². The molecular formula is C17H29Cl2N3O. The summed E-state index contributed by atoms with van der Waals surface area (Å²) >= 11 is 0. The Labute approximate surface area is 152 Å². The lowest BCUT2D eigenvalue weighted by Crippen LogP contribution is -2.54. The first kappa shape index (κ1) is 22.2. The fourth-order valence-corrected chi connectivity index (χ4v) is 3.09. The van der Waals surface area contributed by atoms with Crippen LogP contribution >= 0.6 is 24.8 Å². The van der Waals surface area contributed by atoms with Crippen LogP contribution in [0.2, 0.25) is 0 Å². The fraction of sp³-hybridized carbons (Fsp3) is 0.588. The minimum atomic E-state index is -0.354. The molecule has 0 bridgehead atoms. The maximum absolute atomic E-state index is 12.6. The van der Waals surface area contributed by atoms with Crippen LogP contribution in [-0.2, 0) is 4.79 Å². The van der Waals surface area contributed by atoms with Crippen molar-refractivity contribution >= 4 is 30.7 Å². The molecule has 132 valence electrons. The van der Waals surface area contributed by atoms with Gasteiger partial charge in [0.15, 0.2) is 0 Å². The summed E-state index contributed by atoms with van der Waals surface area (Å²) in [6.07, 6.45) is 2.86. The minimum Gasteiger partial charge on any atom is -0.353 e. The average Bonchev–Trinajstić information content (AvgIpc) is 2.98. The molecule has 2 N–H and O–H groups in total. The zero-order chi connectivity index (χ0) is 15.3. The number of amides is 1. The maximum atomic E-state index is 12.6. The second-order valence-corrected chi connectivity index (χ2v) is 6.07. The third-order valence-electron chi connectivity index (χ3n) is 4.55. The highest BCUT2D eigenvalue weighted by atomic mass is 35.5. The highest BCUT2D eigenvalue weighted by molar-refractivity contribution is 5.86. The zero-order valence-corrected chi connectivity index (χ0v) is 15.8. The normalized spacial score (nSPS) is 21.2. The zero-order valence-electron chi connectivity index (χ0n) is 14.2. The number of nitrogens with one attached hydrogen (secondary N) is 2. The topological polar surface area (TPSA) is 44.4 Å². The molecule has 0 saturated carbocycles. The largest absolute Gasteiger partial charge is 0.353 e. The summed E-state index contributed by atoms with van der Waals surface area (Å²) in [7, 11) is 4.10. The van der Waals surface area contributed by atoms with Gasteiger partial charge in [0.25, 0.3) is 0 Å². The molecule has 2 rings (SSSR count). The van der Waals surface area contributed by atoms with E-state index in [1.54, 1.807) is 0 Å². The quantitative estimate of drug-likeness (QED) is 0.818. The summed E-state index contributed by atoms with van der Waals surface area (Å²) in [4.78, 5) is 14.7. The summed E-state index contributed by atoms with van der Waals surface area (Å²) in [6.45, 7) is 3.66. The number of hydrogen-bond acceptors (Lipinski definition) is 3. The maximum Gasteiger partial charge on any atom is 0.240 e. The fourth-order valence-electron chi connectivity index (χ4n) is 3.09. The smallest absolute Gasteiger partial charge is 0.240 e. The van der Waals surface area contributed by atoms with Gasteiger partial charge in [-0.25, -0.2) is 0 Å². The van der Waals surface area contributed by atoms with Crippen LogP contribution in [0.3, 0.4) is 0 Å². The van der Waals surface area contributed by atoms with Crippen molar-refractivity contribution < 1.29 is 4.79 Å². The van der Waals surface area contributed by atoms with Crippen LogP contribution in [0, 0.1) is 0 Å². The van der Waals surface area contributed by atoms with E-state index in [0.29, 0.717) is 6.54 Å². The number of carbonyl (C=O) groups excluding carboxylic acids is 1. The van der Waals surface area contributed by atoms with Crippen molar-refractivity contribution in [3.05, 3.63) is 35.9 Å². The van der Waals surface area contributed by atoms with E-state index in [1.165, 1.54) is 5.56 Å². The third-order valence-corrected chi connectivity index (χ3v) is 4.55. The van der Waals surface area contributed by atoms with Crippen molar-refractivity contribution in [2.24, 2.45) is 0 Å². The Morgan fingerprint density at radius 1 is 1.30 bits per heavy atom. The summed E-state index contributed by atoms with van der Waals surface area (Å²) in [5.74, 6) is 0.144. The molecule has 6 heteroatoms. The van der Waals surface area contributed by atoms with Crippen LogP contribution in [0.1, 0.15) is 37.8 Å². The number of halogens is 2. The lowest BCUT2D eigenvalue weighted by atomic mass is 9.93. The second kappa shape index (κ2) is 10.1. The van der Waals surface area contributed by atoms with E-state index in [9.17, 15) is 4.79 Å². The number of nitrogens with zero attached hydrogens (tertiary/aromatic N) is 1. The average molecular weight is 362 g/mol. The van der Waals surface area contributed by atoms with Gasteiger partial charge in [0.1, 0.15) is 0 Å². The molecule has 2 unspecified atom stereocenters. The molecule has 1 aliphatic heterocycles. The Balaban J connectivity index is 0.00000242. The van der Waals surface area contributed by atoms with Gasteiger partial charge in [-0.05, 0) is 45.5 Å². The van der Waals surface area contributed by atoms with Crippen molar-refractivity contribution in [2.75, 3.05) is 27.2 Å². The first-order chi connectivity index (χ1) is 10.1. The summed E-state index contributed by atoms with van der Waals surface area (Å²) in [6, 6.07) is 10.5. The van der Waals surface area contributed by atoms with Gasteiger partial charge in [0.2, 0.25) is 5.91 Å². The van der Waals surface area contributed by atoms with Crippen LogP contribution in [0.15, 0.2) is 30.3 Å². The number of rotatable bonds is 6. The molecule has 0 radical (unpaired) electrons. The Hall–Kier alpha value is -0.810. The van der Waals surface area contributed by atoms with E-state index in [2.05, 4.69) is 34.6 Å². The van der Waals surface area contributed by atoms with Crippen molar-refractivity contribution in [3.8, 4) is 0 Å². The summed E-state index contributed by atoms with van der Waals surface area (Å²) in [5.41, 5.74) is 0.876. The highest BCUT2D eigenvalue weighted by Gasteiger charge is 2.39. The molecule has 1 fully saturated rings. The summed E-state index contributed by atoms with van der Waals surface area (Å²) < 4.78 is 0. The molecule has 23 heavy (non-hydrogen) atoms. The first-order valence-corrected chi connectivity index (χ1v) is 7.84. The van der Waals surface area contributed by atoms with Gasteiger partial charge in [-0.1, -0.05) is 37.3 Å². The lowest BCUT2D eigenvalue weighted by Gasteiger charge is -2.30. The molecular weight excluding hydrogens is 333 g/mol. The SMILES string of the molecule is CCC1(C(=O)NCC(c2ccccc2)N(C)C)CCCN1.Cl.Cl. The van der Waals surface area contributed by atoms with E-state index in [1.807, 2.05) is 32.3 Å². The molecule has 2 atom stereocenters. The van der Waals surface area contributed by atoms with Gasteiger partial charge in [0, 0.05) is 6.54 Å². The molecule has 0 spiro atoms. The van der Waals surface area contributed by atoms with E-state index in [0.717, 1.165) is 25.8 Å². The van der Waals surface area contributed by atoms with Gasteiger partial charge in [0.05, 0.1) is 11.6 Å². The van der Waals surface area contributed by atoms with Crippen molar-refractivity contribution in [3.63, 3.8) is 0 Å². The van der Waals surface area contributed by atoms with Crippen LogP contribution in [-0.4, -0.2) is 43.5 Å². The number of hydrogen-bond donors (Lipinski definition) is 2. The molecule has 1 saturated heterocycles. The molecule has 1 aromatic rings. The molecule has 0 aliphatic carbocycles. The number of carbonyl (C=O) groups is 1. The summed E-state index contributed by atoms with van der Waals surface area (Å²) in [5, 5.41) is 6.54. The Kier molecular flexibility index (Phi) is 9.78. The molecule has 4 nitrogen and oxygen atoms in total. The van der Waals surface area contributed by atoms with E-state index in [4.69, 9.17) is 0 Å². The second-order valence-electron chi connectivity index (χ2n) is 6.07. The monoisotopic (exact) mass is 361 g/mol. The molecule has 0 aromatic heterocycles. The van der Waals surface area contributed by atoms with Crippen molar-refractivity contribution in [2.45, 2.75) is 37.8 Å². The van der Waals surface area contributed by atoms with E-state index < -0.39 is 0 Å². The van der Waals surface area contributed by atoms with Crippen molar-refractivity contribution in [1.29, 1.82) is 0 Å². The third kappa shape index (κ3) is 5.35. The molecule has 1 heterocycles. The lowest BCUT2D eigenvalue weighted by molar-refractivity contribution is -0.127. The Morgan fingerprint density at radius 3 is 2.43 bits per heavy atom. The van der Waals surface area contributed by atoms with Crippen LogP contribution in [0.25, 0.3) is 0 Å². The van der Waals surface area contributed by atoms with Crippen LogP contribution in [0.4, 0.5) is 0 Å². The Bertz CT molecular complexity index is 462. The van der Waals surface area contributed by atoms with Gasteiger partial charge < -0.3 is 15.5 Å². The van der Waals surface area contributed by atoms with Crippen molar-refractivity contribution in [1.82, 2.24) is 15.5 Å². The van der Waals surface area contributed by atoms with E-state index in [-0.39, 0.29) is 42.3 Å². The van der Waals surface area contributed by atoms with Gasteiger partial charge in [-0.15, -0.1) is 24.8 Å². The molecule has 1 amide bonds. The van der Waals surface area contributed by atoms with E-state index >= 15 is 0 Å². The van der Waals surface area contributed by atoms with Gasteiger partial charge in [-0.2, -0.15) is 0 Å². The number of benzene rings is 1. The predicted molar refractivity (Wildman–Crippen MR) is 101 cm³/mol. The Morgan fingerprint density at radius 2 is 1.96 bits per heavy atom. The molecule has 1 aromatic carbocycles.